The Morgan fingerprint density at radius 2 is 2.13 bits per heavy atom. The maximum Gasteiger partial charge on any atom is 0.410 e. The van der Waals surface area contributed by atoms with E-state index in [0.717, 1.165) is 16.8 Å². The molecule has 2 aromatic rings. The summed E-state index contributed by atoms with van der Waals surface area (Å²) in [4.78, 5) is 22.6. The van der Waals surface area contributed by atoms with Gasteiger partial charge in [0.25, 0.3) is 0 Å². The van der Waals surface area contributed by atoms with Crippen LogP contribution in [-0.4, -0.2) is 33.8 Å². The smallest absolute Gasteiger partial charge is 0.410 e. The Morgan fingerprint density at radius 3 is 2.87 bits per heavy atom. The Bertz CT molecular complexity index is 712. The van der Waals surface area contributed by atoms with Crippen molar-refractivity contribution in [3.05, 3.63) is 52.3 Å². The molecule has 120 valence electrons. The summed E-state index contributed by atoms with van der Waals surface area (Å²) in [5.41, 5.74) is 2.70. The fourth-order valence-corrected chi connectivity index (χ4v) is 3.14. The zero-order valence-corrected chi connectivity index (χ0v) is 14.2. The number of benzene rings is 1. The van der Waals surface area contributed by atoms with Gasteiger partial charge in [0.1, 0.15) is 11.8 Å². The van der Waals surface area contributed by atoms with E-state index in [-0.39, 0.29) is 12.7 Å². The highest BCUT2D eigenvalue weighted by atomic mass is 35.5. The fraction of sp³-hybridized carbons (Fsp3) is 0.312. The van der Waals surface area contributed by atoms with E-state index < -0.39 is 0 Å². The SMILES string of the molecule is CSc1nc(Cl)c2c(n1)CN(C(=O)OCc1ccccc1)CC2. The predicted molar refractivity (Wildman–Crippen MR) is 89.6 cm³/mol. The monoisotopic (exact) mass is 349 g/mol. The Labute approximate surface area is 144 Å². The molecule has 1 aromatic carbocycles. The summed E-state index contributed by atoms with van der Waals surface area (Å²) in [7, 11) is 0. The summed E-state index contributed by atoms with van der Waals surface area (Å²) in [5, 5.41) is 1.10. The summed E-state index contributed by atoms with van der Waals surface area (Å²) in [5.74, 6) is 0. The minimum atomic E-state index is -0.333. The van der Waals surface area contributed by atoms with Gasteiger partial charge >= 0.3 is 6.09 Å². The molecule has 0 atom stereocenters. The number of hydrogen-bond acceptors (Lipinski definition) is 5. The number of fused-ring (bicyclic) bond motifs is 1. The van der Waals surface area contributed by atoms with Crippen molar-refractivity contribution in [2.45, 2.75) is 24.7 Å². The molecule has 3 rings (SSSR count). The fourth-order valence-electron chi connectivity index (χ4n) is 2.42. The first-order valence-electron chi connectivity index (χ1n) is 7.22. The van der Waals surface area contributed by atoms with E-state index in [0.29, 0.717) is 29.8 Å². The highest BCUT2D eigenvalue weighted by Gasteiger charge is 2.25. The third-order valence-electron chi connectivity index (χ3n) is 3.64. The number of nitrogens with zero attached hydrogens (tertiary/aromatic N) is 3. The van der Waals surface area contributed by atoms with Gasteiger partial charge in [-0.05, 0) is 18.2 Å². The third kappa shape index (κ3) is 3.76. The lowest BCUT2D eigenvalue weighted by atomic mass is 10.1. The van der Waals surface area contributed by atoms with Crippen molar-refractivity contribution in [3.8, 4) is 0 Å². The second-order valence-electron chi connectivity index (χ2n) is 5.14. The van der Waals surface area contributed by atoms with E-state index >= 15 is 0 Å². The van der Waals surface area contributed by atoms with Crippen LogP contribution in [-0.2, 0) is 24.3 Å². The number of ether oxygens (including phenoxy) is 1. The van der Waals surface area contributed by atoms with E-state index in [1.54, 1.807) is 4.90 Å². The van der Waals surface area contributed by atoms with E-state index in [4.69, 9.17) is 16.3 Å². The number of amides is 1. The first-order chi connectivity index (χ1) is 11.2. The topological polar surface area (TPSA) is 55.3 Å². The lowest BCUT2D eigenvalue weighted by Gasteiger charge is -2.27. The predicted octanol–water partition coefficient (Wildman–Crippen LogP) is 3.55. The summed E-state index contributed by atoms with van der Waals surface area (Å²) >= 11 is 7.63. The molecule has 7 heteroatoms. The van der Waals surface area contributed by atoms with Gasteiger partial charge in [0.15, 0.2) is 5.16 Å². The van der Waals surface area contributed by atoms with Gasteiger partial charge < -0.3 is 9.64 Å². The second kappa shape index (κ2) is 7.19. The van der Waals surface area contributed by atoms with E-state index in [1.807, 2.05) is 36.6 Å². The first-order valence-corrected chi connectivity index (χ1v) is 8.82. The molecule has 0 fully saturated rings. The molecular weight excluding hydrogens is 334 g/mol. The lowest BCUT2D eigenvalue weighted by molar-refractivity contribution is 0.0911. The van der Waals surface area contributed by atoms with Crippen molar-refractivity contribution in [2.24, 2.45) is 0 Å². The van der Waals surface area contributed by atoms with Crippen LogP contribution in [0.3, 0.4) is 0 Å². The standard InChI is InChI=1S/C16H16ClN3O2S/c1-23-15-18-13-9-20(8-7-12(13)14(17)19-15)16(21)22-10-11-5-3-2-4-6-11/h2-6H,7-10H2,1H3. The van der Waals surface area contributed by atoms with Crippen LogP contribution in [0.5, 0.6) is 0 Å². The van der Waals surface area contributed by atoms with E-state index in [1.165, 1.54) is 11.8 Å². The minimum absolute atomic E-state index is 0.267. The van der Waals surface area contributed by atoms with Crippen molar-refractivity contribution < 1.29 is 9.53 Å². The van der Waals surface area contributed by atoms with Crippen LogP contribution in [0, 0.1) is 0 Å². The second-order valence-corrected chi connectivity index (χ2v) is 6.27. The molecule has 0 radical (unpaired) electrons. The number of hydrogen-bond donors (Lipinski definition) is 0. The Balaban J connectivity index is 1.66. The highest BCUT2D eigenvalue weighted by molar-refractivity contribution is 7.98. The summed E-state index contributed by atoms with van der Waals surface area (Å²) in [6, 6.07) is 9.62. The average molecular weight is 350 g/mol. The molecule has 0 saturated carbocycles. The van der Waals surface area contributed by atoms with Gasteiger partial charge in [0.2, 0.25) is 0 Å². The Morgan fingerprint density at radius 1 is 1.35 bits per heavy atom. The average Bonchev–Trinajstić information content (AvgIpc) is 2.60. The first kappa shape index (κ1) is 16.1. The molecule has 0 spiro atoms. The molecule has 0 aliphatic carbocycles. The molecule has 1 amide bonds. The quantitative estimate of drug-likeness (QED) is 0.482. The molecule has 1 aromatic heterocycles. The summed E-state index contributed by atoms with van der Waals surface area (Å²) in [6.07, 6.45) is 2.20. The molecule has 23 heavy (non-hydrogen) atoms. The molecule has 1 aliphatic rings. The van der Waals surface area contributed by atoms with Gasteiger partial charge in [-0.3, -0.25) is 0 Å². The highest BCUT2D eigenvalue weighted by Crippen LogP contribution is 2.26. The van der Waals surface area contributed by atoms with E-state index in [9.17, 15) is 4.79 Å². The number of aromatic nitrogens is 2. The van der Waals surface area contributed by atoms with Crippen molar-refractivity contribution in [1.29, 1.82) is 0 Å². The van der Waals surface area contributed by atoms with Crippen LogP contribution < -0.4 is 0 Å². The number of rotatable bonds is 3. The molecular formula is C16H16ClN3O2S. The summed E-state index contributed by atoms with van der Waals surface area (Å²) in [6.45, 7) is 1.23. The number of thioether (sulfide) groups is 1. The van der Waals surface area contributed by atoms with Crippen LogP contribution in [0.1, 0.15) is 16.8 Å². The Hall–Kier alpha value is -1.79. The normalized spacial score (nSPS) is 13.6. The molecule has 0 unspecified atom stereocenters. The molecule has 2 heterocycles. The van der Waals surface area contributed by atoms with Crippen molar-refractivity contribution >= 4 is 29.5 Å². The van der Waals surface area contributed by atoms with Gasteiger partial charge in [-0.1, -0.05) is 53.7 Å². The third-order valence-corrected chi connectivity index (χ3v) is 4.50. The van der Waals surface area contributed by atoms with Crippen molar-refractivity contribution in [3.63, 3.8) is 0 Å². The lowest BCUT2D eigenvalue weighted by Crippen LogP contribution is -2.37. The zero-order chi connectivity index (χ0) is 16.2. The number of carbonyl (C=O) groups excluding carboxylic acids is 1. The van der Waals surface area contributed by atoms with Crippen LogP contribution >= 0.6 is 23.4 Å². The summed E-state index contributed by atoms with van der Waals surface area (Å²) < 4.78 is 5.37. The molecule has 0 bridgehead atoms. The van der Waals surface area contributed by atoms with Crippen molar-refractivity contribution in [2.75, 3.05) is 12.8 Å². The number of halogens is 1. The molecule has 0 N–H and O–H groups in total. The van der Waals surface area contributed by atoms with Gasteiger partial charge in [-0.15, -0.1) is 0 Å². The van der Waals surface area contributed by atoms with Gasteiger partial charge in [0.05, 0.1) is 12.2 Å². The van der Waals surface area contributed by atoms with Crippen molar-refractivity contribution in [1.82, 2.24) is 14.9 Å². The van der Waals surface area contributed by atoms with Crippen LogP contribution in [0.2, 0.25) is 5.15 Å². The minimum Gasteiger partial charge on any atom is -0.445 e. The number of carbonyl (C=O) groups is 1. The van der Waals surface area contributed by atoms with Gasteiger partial charge in [-0.2, -0.15) is 0 Å². The van der Waals surface area contributed by atoms with Crippen LogP contribution in [0.25, 0.3) is 0 Å². The zero-order valence-electron chi connectivity index (χ0n) is 12.7. The maximum absolute atomic E-state index is 12.2. The van der Waals surface area contributed by atoms with Crippen LogP contribution in [0.15, 0.2) is 35.5 Å². The molecule has 0 saturated heterocycles. The van der Waals surface area contributed by atoms with Gasteiger partial charge in [0, 0.05) is 12.1 Å². The largest absolute Gasteiger partial charge is 0.445 e. The Kier molecular flexibility index (Phi) is 5.03. The van der Waals surface area contributed by atoms with Crippen LogP contribution in [0.4, 0.5) is 4.79 Å². The van der Waals surface area contributed by atoms with Gasteiger partial charge in [-0.25, -0.2) is 14.8 Å². The maximum atomic E-state index is 12.2. The molecule has 5 nitrogen and oxygen atoms in total. The van der Waals surface area contributed by atoms with E-state index in [2.05, 4.69) is 9.97 Å². The molecule has 1 aliphatic heterocycles.